The molecule has 0 aliphatic heterocycles. The summed E-state index contributed by atoms with van der Waals surface area (Å²) in [5.74, 6) is 0.883. The quantitative estimate of drug-likeness (QED) is 0.544. The van der Waals surface area contributed by atoms with Crippen LogP contribution in [-0.4, -0.2) is 34.6 Å². The van der Waals surface area contributed by atoms with Crippen LogP contribution in [0.25, 0.3) is 0 Å². The van der Waals surface area contributed by atoms with E-state index in [0.717, 1.165) is 11.3 Å². The first-order valence-corrected chi connectivity index (χ1v) is 11.8. The number of nitrogens with one attached hydrogen (secondary N) is 1. The number of hydrogen-bond donors (Lipinski definition) is 1. The molecule has 6 heteroatoms. The smallest absolute Gasteiger partial charge is 0.243 e. The van der Waals surface area contributed by atoms with Gasteiger partial charge in [-0.15, -0.1) is 11.8 Å². The number of hydrogen-bond acceptors (Lipinski definition) is 3. The van der Waals surface area contributed by atoms with E-state index in [-0.39, 0.29) is 17.9 Å². The monoisotopic (exact) mass is 446 g/mol. The third-order valence-electron chi connectivity index (χ3n) is 4.86. The molecule has 0 aromatic heterocycles. The van der Waals surface area contributed by atoms with Gasteiger partial charge in [0.15, 0.2) is 0 Å². The molecule has 0 spiro atoms. The second kappa shape index (κ2) is 12.0. The fourth-order valence-electron chi connectivity index (χ4n) is 3.21. The van der Waals surface area contributed by atoms with E-state index in [2.05, 4.69) is 24.4 Å². The van der Waals surface area contributed by atoms with Crippen molar-refractivity contribution in [3.8, 4) is 0 Å². The maximum atomic E-state index is 13.2. The number of nitrogens with zero attached hydrogens (tertiary/aromatic N) is 1. The van der Waals surface area contributed by atoms with E-state index in [1.807, 2.05) is 57.2 Å². The van der Waals surface area contributed by atoms with Crippen LogP contribution < -0.4 is 5.32 Å². The van der Waals surface area contributed by atoms with Crippen molar-refractivity contribution in [2.45, 2.75) is 58.5 Å². The molecule has 162 valence electrons. The SMILES string of the molecule is CCC(C(=O)NC(C)C)N(Cc1ccccc1Cl)C(=O)CSCc1ccccc1C. The predicted molar refractivity (Wildman–Crippen MR) is 127 cm³/mol. The van der Waals surface area contributed by atoms with Gasteiger partial charge in [-0.05, 0) is 49.9 Å². The molecule has 2 aromatic carbocycles. The second-order valence-corrected chi connectivity index (χ2v) is 9.01. The Balaban J connectivity index is 2.16. The van der Waals surface area contributed by atoms with Crippen LogP contribution in [0, 0.1) is 6.92 Å². The van der Waals surface area contributed by atoms with Gasteiger partial charge in [-0.25, -0.2) is 0 Å². The lowest BCUT2D eigenvalue weighted by atomic mass is 10.1. The lowest BCUT2D eigenvalue weighted by Gasteiger charge is -2.31. The molecule has 0 heterocycles. The van der Waals surface area contributed by atoms with Gasteiger partial charge in [0, 0.05) is 23.4 Å². The molecule has 2 rings (SSSR count). The molecular weight excluding hydrogens is 416 g/mol. The summed E-state index contributed by atoms with van der Waals surface area (Å²) in [5.41, 5.74) is 3.28. The molecule has 0 aliphatic rings. The highest BCUT2D eigenvalue weighted by molar-refractivity contribution is 7.99. The molecule has 2 amide bonds. The van der Waals surface area contributed by atoms with Crippen LogP contribution in [0.1, 0.15) is 43.9 Å². The molecular formula is C24H31ClN2O2S. The van der Waals surface area contributed by atoms with E-state index in [0.29, 0.717) is 23.7 Å². The Morgan fingerprint density at radius 2 is 1.70 bits per heavy atom. The average Bonchev–Trinajstić information content (AvgIpc) is 2.70. The minimum absolute atomic E-state index is 0.0132. The van der Waals surface area contributed by atoms with E-state index in [9.17, 15) is 9.59 Å². The minimum atomic E-state index is -0.532. The zero-order chi connectivity index (χ0) is 22.1. The standard InChI is InChI=1S/C24H31ClN2O2S/c1-5-22(24(29)26-17(2)3)27(14-19-11-8-9-13-21(19)25)23(28)16-30-15-20-12-7-6-10-18(20)4/h6-13,17,22H,5,14-16H2,1-4H3,(H,26,29). The first kappa shape index (κ1) is 24.3. The first-order valence-electron chi connectivity index (χ1n) is 10.3. The molecule has 2 aromatic rings. The highest BCUT2D eigenvalue weighted by atomic mass is 35.5. The molecule has 0 aliphatic carbocycles. The van der Waals surface area contributed by atoms with Crippen LogP contribution in [0.2, 0.25) is 5.02 Å². The predicted octanol–water partition coefficient (Wildman–Crippen LogP) is 5.21. The van der Waals surface area contributed by atoms with Gasteiger partial charge in [0.2, 0.25) is 11.8 Å². The number of aryl methyl sites for hydroxylation is 1. The van der Waals surface area contributed by atoms with Crippen molar-refractivity contribution < 1.29 is 9.59 Å². The summed E-state index contributed by atoms with van der Waals surface area (Å²) < 4.78 is 0. The van der Waals surface area contributed by atoms with Gasteiger partial charge in [-0.1, -0.05) is 61.0 Å². The molecule has 0 fully saturated rings. The minimum Gasteiger partial charge on any atom is -0.352 e. The number of carbonyl (C=O) groups is 2. The van der Waals surface area contributed by atoms with Gasteiger partial charge in [-0.2, -0.15) is 0 Å². The van der Waals surface area contributed by atoms with Crippen LogP contribution in [0.5, 0.6) is 0 Å². The molecule has 1 atom stereocenters. The molecule has 30 heavy (non-hydrogen) atoms. The summed E-state index contributed by atoms with van der Waals surface area (Å²) in [6.45, 7) is 8.15. The maximum Gasteiger partial charge on any atom is 0.243 e. The lowest BCUT2D eigenvalue weighted by molar-refractivity contribution is -0.139. The van der Waals surface area contributed by atoms with Gasteiger partial charge in [0.25, 0.3) is 0 Å². The van der Waals surface area contributed by atoms with Gasteiger partial charge >= 0.3 is 0 Å². The highest BCUT2D eigenvalue weighted by Gasteiger charge is 2.29. The van der Waals surface area contributed by atoms with Crippen molar-refractivity contribution in [3.05, 3.63) is 70.2 Å². The Kier molecular flexibility index (Phi) is 9.73. The molecule has 4 nitrogen and oxygen atoms in total. The van der Waals surface area contributed by atoms with Gasteiger partial charge in [0.05, 0.1) is 5.75 Å². The third kappa shape index (κ3) is 7.06. The van der Waals surface area contributed by atoms with Crippen molar-refractivity contribution in [1.29, 1.82) is 0 Å². The summed E-state index contributed by atoms with van der Waals surface area (Å²) in [4.78, 5) is 27.7. The van der Waals surface area contributed by atoms with Crippen molar-refractivity contribution in [1.82, 2.24) is 10.2 Å². The molecule has 0 bridgehead atoms. The fourth-order valence-corrected chi connectivity index (χ4v) is 4.40. The summed E-state index contributed by atoms with van der Waals surface area (Å²) in [6.07, 6.45) is 0.539. The Hall–Kier alpha value is -1.98. The number of carbonyl (C=O) groups excluding carboxylic acids is 2. The number of amides is 2. The van der Waals surface area contributed by atoms with Gasteiger partial charge < -0.3 is 10.2 Å². The second-order valence-electron chi connectivity index (χ2n) is 7.62. The van der Waals surface area contributed by atoms with Crippen LogP contribution in [0.3, 0.4) is 0 Å². The maximum absolute atomic E-state index is 13.2. The summed E-state index contributed by atoms with van der Waals surface area (Å²) in [7, 11) is 0. The molecule has 0 saturated heterocycles. The summed E-state index contributed by atoms with van der Waals surface area (Å²) in [5, 5.41) is 3.55. The van der Waals surface area contributed by atoms with Crippen molar-refractivity contribution in [2.24, 2.45) is 0 Å². The van der Waals surface area contributed by atoms with Crippen molar-refractivity contribution in [3.63, 3.8) is 0 Å². The summed E-state index contributed by atoms with van der Waals surface area (Å²) >= 11 is 7.91. The van der Waals surface area contributed by atoms with Crippen molar-refractivity contribution >= 4 is 35.2 Å². The Morgan fingerprint density at radius 3 is 2.30 bits per heavy atom. The molecule has 0 saturated carbocycles. The van der Waals surface area contributed by atoms with E-state index < -0.39 is 6.04 Å². The lowest BCUT2D eigenvalue weighted by Crippen LogP contribution is -2.51. The normalized spacial score (nSPS) is 11.9. The first-order chi connectivity index (χ1) is 14.3. The van der Waals surface area contributed by atoms with Crippen LogP contribution >= 0.6 is 23.4 Å². The van der Waals surface area contributed by atoms with Gasteiger partial charge in [0.1, 0.15) is 6.04 Å². The van der Waals surface area contributed by atoms with E-state index in [4.69, 9.17) is 11.6 Å². The number of rotatable bonds is 10. The zero-order valence-corrected chi connectivity index (χ0v) is 19.7. The number of thioether (sulfide) groups is 1. The summed E-state index contributed by atoms with van der Waals surface area (Å²) in [6, 6.07) is 15.1. The molecule has 1 unspecified atom stereocenters. The molecule has 0 radical (unpaired) electrons. The largest absolute Gasteiger partial charge is 0.352 e. The van der Waals surface area contributed by atoms with Crippen molar-refractivity contribution in [2.75, 3.05) is 5.75 Å². The Bertz CT molecular complexity index is 857. The van der Waals surface area contributed by atoms with Crippen LogP contribution in [0.15, 0.2) is 48.5 Å². The number of benzene rings is 2. The third-order valence-corrected chi connectivity index (χ3v) is 6.19. The molecule has 1 N–H and O–H groups in total. The van der Waals surface area contributed by atoms with Crippen LogP contribution in [-0.2, 0) is 21.9 Å². The van der Waals surface area contributed by atoms with E-state index >= 15 is 0 Å². The number of halogens is 1. The average molecular weight is 447 g/mol. The van der Waals surface area contributed by atoms with E-state index in [1.54, 1.807) is 16.7 Å². The zero-order valence-electron chi connectivity index (χ0n) is 18.2. The highest BCUT2D eigenvalue weighted by Crippen LogP contribution is 2.22. The fraction of sp³-hybridized carbons (Fsp3) is 0.417. The topological polar surface area (TPSA) is 49.4 Å². The van der Waals surface area contributed by atoms with Crippen LogP contribution in [0.4, 0.5) is 0 Å². The Labute approximate surface area is 189 Å². The van der Waals surface area contributed by atoms with E-state index in [1.165, 1.54) is 11.1 Å². The van der Waals surface area contributed by atoms with Gasteiger partial charge in [-0.3, -0.25) is 9.59 Å². The Morgan fingerprint density at radius 1 is 1.07 bits per heavy atom.